The SMILES string of the molecule is CCNC(=NCc1ccc(C)cc1OCCOC)NCCOc1cccnc1. The molecule has 28 heavy (non-hydrogen) atoms. The molecule has 0 radical (unpaired) electrons. The zero-order chi connectivity index (χ0) is 20.0. The fourth-order valence-electron chi connectivity index (χ4n) is 2.44. The van der Waals surface area contributed by atoms with Gasteiger partial charge in [0.1, 0.15) is 24.7 Å². The predicted octanol–water partition coefficient (Wildman–Crippen LogP) is 2.55. The summed E-state index contributed by atoms with van der Waals surface area (Å²) in [5.41, 5.74) is 2.18. The van der Waals surface area contributed by atoms with Crippen LogP contribution in [0.15, 0.2) is 47.7 Å². The van der Waals surface area contributed by atoms with E-state index in [1.54, 1.807) is 19.5 Å². The number of guanidine groups is 1. The number of nitrogens with one attached hydrogen (secondary N) is 2. The number of hydrogen-bond donors (Lipinski definition) is 2. The molecule has 0 bridgehead atoms. The molecule has 0 saturated heterocycles. The molecule has 0 aliphatic rings. The first-order valence-electron chi connectivity index (χ1n) is 9.49. The highest BCUT2D eigenvalue weighted by molar-refractivity contribution is 5.79. The molecule has 152 valence electrons. The molecule has 0 unspecified atom stereocenters. The van der Waals surface area contributed by atoms with Crippen molar-refractivity contribution in [3.63, 3.8) is 0 Å². The van der Waals surface area contributed by atoms with Crippen molar-refractivity contribution in [3.05, 3.63) is 53.9 Å². The van der Waals surface area contributed by atoms with E-state index in [1.165, 1.54) is 0 Å². The Morgan fingerprint density at radius 1 is 1.11 bits per heavy atom. The summed E-state index contributed by atoms with van der Waals surface area (Å²) in [4.78, 5) is 8.69. The molecule has 0 saturated carbocycles. The van der Waals surface area contributed by atoms with Gasteiger partial charge in [-0.05, 0) is 37.6 Å². The average molecular weight is 386 g/mol. The first-order chi connectivity index (χ1) is 13.7. The monoisotopic (exact) mass is 386 g/mol. The van der Waals surface area contributed by atoms with Gasteiger partial charge in [-0.15, -0.1) is 0 Å². The van der Waals surface area contributed by atoms with Crippen LogP contribution in [0.1, 0.15) is 18.1 Å². The van der Waals surface area contributed by atoms with Crippen LogP contribution in [0.25, 0.3) is 0 Å². The van der Waals surface area contributed by atoms with Crippen molar-refractivity contribution in [1.82, 2.24) is 15.6 Å². The zero-order valence-corrected chi connectivity index (χ0v) is 16.9. The van der Waals surface area contributed by atoms with E-state index in [2.05, 4.69) is 32.7 Å². The standard InChI is InChI=1S/C21H30N4O3/c1-4-23-21(24-10-11-27-19-6-5-9-22-16-19)25-15-18-8-7-17(2)14-20(18)28-13-12-26-3/h5-9,14,16H,4,10-13,15H2,1-3H3,(H2,23,24,25). The van der Waals surface area contributed by atoms with E-state index in [0.717, 1.165) is 35.1 Å². The normalized spacial score (nSPS) is 11.2. The van der Waals surface area contributed by atoms with E-state index in [-0.39, 0.29) is 0 Å². The Bertz CT molecular complexity index is 723. The van der Waals surface area contributed by atoms with Crippen LogP contribution in [-0.2, 0) is 11.3 Å². The van der Waals surface area contributed by atoms with Gasteiger partial charge < -0.3 is 24.8 Å². The molecule has 7 nitrogen and oxygen atoms in total. The van der Waals surface area contributed by atoms with Crippen molar-refractivity contribution in [2.45, 2.75) is 20.4 Å². The van der Waals surface area contributed by atoms with Crippen molar-refractivity contribution < 1.29 is 14.2 Å². The molecule has 1 aromatic heterocycles. The Morgan fingerprint density at radius 3 is 2.75 bits per heavy atom. The zero-order valence-electron chi connectivity index (χ0n) is 16.9. The van der Waals surface area contributed by atoms with Crippen LogP contribution in [0.4, 0.5) is 0 Å². The maximum atomic E-state index is 5.84. The number of methoxy groups -OCH3 is 1. The van der Waals surface area contributed by atoms with E-state index < -0.39 is 0 Å². The van der Waals surface area contributed by atoms with Crippen LogP contribution >= 0.6 is 0 Å². The van der Waals surface area contributed by atoms with E-state index in [9.17, 15) is 0 Å². The van der Waals surface area contributed by atoms with Crippen LogP contribution in [0.2, 0.25) is 0 Å². The van der Waals surface area contributed by atoms with Gasteiger partial charge in [-0.25, -0.2) is 4.99 Å². The van der Waals surface area contributed by atoms with E-state index in [0.29, 0.717) is 32.9 Å². The van der Waals surface area contributed by atoms with Gasteiger partial charge >= 0.3 is 0 Å². The van der Waals surface area contributed by atoms with Crippen molar-refractivity contribution >= 4 is 5.96 Å². The topological polar surface area (TPSA) is 77.0 Å². The second kappa shape index (κ2) is 12.6. The lowest BCUT2D eigenvalue weighted by molar-refractivity contribution is 0.145. The molecule has 0 atom stereocenters. The summed E-state index contributed by atoms with van der Waals surface area (Å²) in [6.07, 6.45) is 3.42. The minimum atomic E-state index is 0.515. The summed E-state index contributed by atoms with van der Waals surface area (Å²) in [7, 11) is 1.66. The fraction of sp³-hybridized carbons (Fsp3) is 0.429. The van der Waals surface area contributed by atoms with Crippen LogP contribution in [0.3, 0.4) is 0 Å². The minimum absolute atomic E-state index is 0.515. The lowest BCUT2D eigenvalue weighted by Crippen LogP contribution is -2.39. The lowest BCUT2D eigenvalue weighted by Gasteiger charge is -2.14. The number of aromatic nitrogens is 1. The van der Waals surface area contributed by atoms with Gasteiger partial charge in [0, 0.05) is 25.4 Å². The van der Waals surface area contributed by atoms with Gasteiger partial charge in [0.25, 0.3) is 0 Å². The number of benzene rings is 1. The van der Waals surface area contributed by atoms with Gasteiger partial charge in [0.15, 0.2) is 5.96 Å². The molecule has 2 rings (SSSR count). The summed E-state index contributed by atoms with van der Waals surface area (Å²) in [5.74, 6) is 2.33. The third kappa shape index (κ3) is 7.84. The number of rotatable bonds is 11. The third-order valence-electron chi connectivity index (χ3n) is 3.82. The van der Waals surface area contributed by atoms with Crippen LogP contribution in [0.5, 0.6) is 11.5 Å². The molecule has 7 heteroatoms. The Hall–Kier alpha value is -2.80. The molecular weight excluding hydrogens is 356 g/mol. The Morgan fingerprint density at radius 2 is 2.00 bits per heavy atom. The van der Waals surface area contributed by atoms with Gasteiger partial charge in [-0.3, -0.25) is 4.98 Å². The van der Waals surface area contributed by atoms with E-state index >= 15 is 0 Å². The van der Waals surface area contributed by atoms with Crippen LogP contribution in [0, 0.1) is 6.92 Å². The Labute approximate surface area is 167 Å². The van der Waals surface area contributed by atoms with Gasteiger partial charge in [-0.2, -0.15) is 0 Å². The second-order valence-corrected chi connectivity index (χ2v) is 6.11. The summed E-state index contributed by atoms with van der Waals surface area (Å²) in [5, 5.41) is 6.52. The summed E-state index contributed by atoms with van der Waals surface area (Å²) in [6, 6.07) is 9.88. The first-order valence-corrected chi connectivity index (χ1v) is 9.49. The number of nitrogens with zero attached hydrogens (tertiary/aromatic N) is 2. The van der Waals surface area contributed by atoms with Crippen molar-refractivity contribution in [2.75, 3.05) is 40.0 Å². The Kier molecular flexibility index (Phi) is 9.65. The minimum Gasteiger partial charge on any atom is -0.491 e. The molecule has 0 fully saturated rings. The highest BCUT2D eigenvalue weighted by Gasteiger charge is 2.05. The van der Waals surface area contributed by atoms with E-state index in [4.69, 9.17) is 14.2 Å². The van der Waals surface area contributed by atoms with Crippen molar-refractivity contribution in [2.24, 2.45) is 4.99 Å². The molecule has 0 aliphatic heterocycles. The van der Waals surface area contributed by atoms with Crippen molar-refractivity contribution in [3.8, 4) is 11.5 Å². The quantitative estimate of drug-likeness (QED) is 0.351. The summed E-state index contributed by atoms with van der Waals surface area (Å²) >= 11 is 0. The lowest BCUT2D eigenvalue weighted by atomic mass is 10.1. The summed E-state index contributed by atoms with van der Waals surface area (Å²) in [6.45, 7) is 7.59. The van der Waals surface area contributed by atoms with Crippen molar-refractivity contribution in [1.29, 1.82) is 0 Å². The van der Waals surface area contributed by atoms with Crippen LogP contribution < -0.4 is 20.1 Å². The smallest absolute Gasteiger partial charge is 0.191 e. The predicted molar refractivity (Wildman–Crippen MR) is 111 cm³/mol. The maximum Gasteiger partial charge on any atom is 0.191 e. The number of aryl methyl sites for hydroxylation is 1. The number of hydrogen-bond acceptors (Lipinski definition) is 5. The molecule has 2 aromatic rings. The van der Waals surface area contributed by atoms with Crippen LogP contribution in [-0.4, -0.2) is 51.0 Å². The largest absolute Gasteiger partial charge is 0.491 e. The maximum absolute atomic E-state index is 5.84. The number of pyridine rings is 1. The van der Waals surface area contributed by atoms with Gasteiger partial charge in [0.05, 0.1) is 25.9 Å². The third-order valence-corrected chi connectivity index (χ3v) is 3.82. The highest BCUT2D eigenvalue weighted by Crippen LogP contribution is 2.21. The highest BCUT2D eigenvalue weighted by atomic mass is 16.5. The molecule has 1 heterocycles. The fourth-order valence-corrected chi connectivity index (χ4v) is 2.44. The molecular formula is C21H30N4O3. The molecule has 0 amide bonds. The number of aliphatic imine (C=N–C) groups is 1. The Balaban J connectivity index is 1.90. The first kappa shape index (κ1) is 21.5. The summed E-state index contributed by atoms with van der Waals surface area (Å²) < 4.78 is 16.5. The molecule has 2 N–H and O–H groups in total. The van der Waals surface area contributed by atoms with Gasteiger partial charge in [0.2, 0.25) is 0 Å². The second-order valence-electron chi connectivity index (χ2n) is 6.11. The van der Waals surface area contributed by atoms with E-state index in [1.807, 2.05) is 32.0 Å². The molecule has 0 aliphatic carbocycles. The van der Waals surface area contributed by atoms with Gasteiger partial charge in [-0.1, -0.05) is 12.1 Å². The molecule has 1 aromatic carbocycles. The molecule has 0 spiro atoms. The number of ether oxygens (including phenoxy) is 3. The average Bonchev–Trinajstić information content (AvgIpc) is 2.71.